The number of carbonyl (C=O) groups is 2. The summed E-state index contributed by atoms with van der Waals surface area (Å²) in [5, 5.41) is 4.50. The highest BCUT2D eigenvalue weighted by molar-refractivity contribution is 6.31. The van der Waals surface area contributed by atoms with Crippen molar-refractivity contribution in [2.24, 2.45) is 0 Å². The first kappa shape index (κ1) is 19.9. The van der Waals surface area contributed by atoms with Gasteiger partial charge < -0.3 is 9.64 Å². The summed E-state index contributed by atoms with van der Waals surface area (Å²) < 4.78 is 20.5. The number of carbonyl (C=O) groups excluding carboxylic acids is 2. The van der Waals surface area contributed by atoms with Crippen LogP contribution in [-0.4, -0.2) is 40.2 Å². The summed E-state index contributed by atoms with van der Waals surface area (Å²) in [6.07, 6.45) is 0.109. The maximum absolute atomic E-state index is 13.8. The molecule has 0 bridgehead atoms. The van der Waals surface area contributed by atoms with Crippen molar-refractivity contribution in [2.45, 2.75) is 33.4 Å². The number of rotatable bonds is 7. The van der Waals surface area contributed by atoms with Crippen LogP contribution in [-0.2, 0) is 27.4 Å². The fourth-order valence-corrected chi connectivity index (χ4v) is 2.65. The van der Waals surface area contributed by atoms with Crippen LogP contribution in [0.25, 0.3) is 0 Å². The second-order valence-corrected chi connectivity index (χ2v) is 6.42. The van der Waals surface area contributed by atoms with Crippen molar-refractivity contribution in [3.63, 3.8) is 0 Å². The highest BCUT2D eigenvalue weighted by Gasteiger charge is 2.16. The van der Waals surface area contributed by atoms with E-state index in [1.165, 1.54) is 24.1 Å². The summed E-state index contributed by atoms with van der Waals surface area (Å²) in [6.45, 7) is 3.75. The largest absolute Gasteiger partial charge is 0.456 e. The Morgan fingerprint density at radius 3 is 2.69 bits per heavy atom. The smallest absolute Gasteiger partial charge is 0.308 e. The third-order valence-corrected chi connectivity index (χ3v) is 4.22. The molecule has 0 aliphatic heterocycles. The van der Waals surface area contributed by atoms with Crippen molar-refractivity contribution in [2.75, 3.05) is 13.7 Å². The molecular formula is C18H21ClFN3O3. The Morgan fingerprint density at radius 2 is 2.08 bits per heavy atom. The molecule has 6 nitrogen and oxygen atoms in total. The Kier molecular flexibility index (Phi) is 6.74. The van der Waals surface area contributed by atoms with Gasteiger partial charge in [-0.05, 0) is 32.0 Å². The van der Waals surface area contributed by atoms with Gasteiger partial charge in [-0.1, -0.05) is 17.7 Å². The Labute approximate surface area is 156 Å². The van der Waals surface area contributed by atoms with Crippen molar-refractivity contribution in [1.82, 2.24) is 14.7 Å². The van der Waals surface area contributed by atoms with Crippen LogP contribution in [0.5, 0.6) is 0 Å². The summed E-state index contributed by atoms with van der Waals surface area (Å²) in [5.41, 5.74) is 2.05. The average Bonchev–Trinajstić information content (AvgIpc) is 2.91. The van der Waals surface area contributed by atoms with Gasteiger partial charge >= 0.3 is 5.97 Å². The summed E-state index contributed by atoms with van der Waals surface area (Å²) in [6, 6.07) is 6.24. The molecule has 0 aliphatic rings. The van der Waals surface area contributed by atoms with Crippen molar-refractivity contribution in [3.8, 4) is 0 Å². The molecule has 0 spiro atoms. The minimum absolute atomic E-state index is 0.00630. The van der Waals surface area contributed by atoms with Gasteiger partial charge in [-0.25, -0.2) is 4.39 Å². The molecule has 0 atom stereocenters. The van der Waals surface area contributed by atoms with Crippen LogP contribution >= 0.6 is 11.6 Å². The van der Waals surface area contributed by atoms with E-state index >= 15 is 0 Å². The van der Waals surface area contributed by atoms with Crippen LogP contribution in [0.1, 0.15) is 23.4 Å². The first-order chi connectivity index (χ1) is 12.3. The Balaban J connectivity index is 1.80. The topological polar surface area (TPSA) is 64.4 Å². The van der Waals surface area contributed by atoms with E-state index in [4.69, 9.17) is 16.3 Å². The maximum Gasteiger partial charge on any atom is 0.308 e. The lowest BCUT2D eigenvalue weighted by atomic mass is 10.2. The number of amides is 1. The predicted octanol–water partition coefficient (Wildman–Crippen LogP) is 2.88. The number of hydrogen-bond acceptors (Lipinski definition) is 4. The third-order valence-electron chi connectivity index (χ3n) is 3.87. The van der Waals surface area contributed by atoms with Crippen molar-refractivity contribution < 1.29 is 18.7 Å². The molecule has 2 rings (SSSR count). The van der Waals surface area contributed by atoms with Crippen molar-refractivity contribution >= 4 is 23.5 Å². The summed E-state index contributed by atoms with van der Waals surface area (Å²) in [4.78, 5) is 25.1. The number of hydrogen-bond donors (Lipinski definition) is 0. The lowest BCUT2D eigenvalue weighted by molar-refractivity contribution is -0.152. The first-order valence-electron chi connectivity index (χ1n) is 8.11. The van der Waals surface area contributed by atoms with Gasteiger partial charge in [0.2, 0.25) is 0 Å². The summed E-state index contributed by atoms with van der Waals surface area (Å²) in [7, 11) is 1.49. The molecule has 8 heteroatoms. The molecule has 1 aromatic carbocycles. The van der Waals surface area contributed by atoms with E-state index in [-0.39, 0.29) is 23.6 Å². The van der Waals surface area contributed by atoms with E-state index in [1.807, 2.05) is 19.9 Å². The molecule has 0 saturated carbocycles. The fraction of sp³-hybridized carbons (Fsp3) is 0.389. The van der Waals surface area contributed by atoms with Crippen molar-refractivity contribution in [1.29, 1.82) is 0 Å². The van der Waals surface area contributed by atoms with E-state index in [0.717, 1.165) is 11.4 Å². The number of likely N-dealkylation sites (N-methyl/N-ethyl adjacent to an activating group) is 1. The SMILES string of the molecule is Cc1cc(C)n(CCC(=O)OCC(=O)N(C)Cc2c(F)cccc2Cl)n1. The van der Waals surface area contributed by atoms with Crippen LogP contribution in [0.3, 0.4) is 0 Å². The number of nitrogens with zero attached hydrogens (tertiary/aromatic N) is 3. The van der Waals surface area contributed by atoms with Crippen LogP contribution < -0.4 is 0 Å². The van der Waals surface area contributed by atoms with E-state index in [0.29, 0.717) is 6.54 Å². The number of ether oxygens (including phenoxy) is 1. The monoisotopic (exact) mass is 381 g/mol. The number of aromatic nitrogens is 2. The number of benzene rings is 1. The standard InChI is InChI=1S/C18H21ClFN3O3/c1-12-9-13(2)23(21-12)8-7-18(25)26-11-17(24)22(3)10-14-15(19)5-4-6-16(14)20/h4-6,9H,7-8,10-11H2,1-3H3. The third kappa shape index (κ3) is 5.29. The van der Waals surface area contributed by atoms with Gasteiger partial charge in [0.25, 0.3) is 5.91 Å². The van der Waals surface area contributed by atoms with Crippen LogP contribution in [0.4, 0.5) is 4.39 Å². The van der Waals surface area contributed by atoms with Crippen LogP contribution in [0.15, 0.2) is 24.3 Å². The summed E-state index contributed by atoms with van der Waals surface area (Å²) >= 11 is 5.95. The highest BCUT2D eigenvalue weighted by atomic mass is 35.5. The summed E-state index contributed by atoms with van der Waals surface area (Å²) in [5.74, 6) is -1.42. The molecule has 2 aromatic rings. The highest BCUT2D eigenvalue weighted by Crippen LogP contribution is 2.20. The molecule has 1 aromatic heterocycles. The van der Waals surface area contributed by atoms with Crippen LogP contribution in [0, 0.1) is 19.7 Å². The zero-order chi connectivity index (χ0) is 19.3. The lowest BCUT2D eigenvalue weighted by Gasteiger charge is -2.18. The number of esters is 1. The van der Waals surface area contributed by atoms with Gasteiger partial charge in [-0.2, -0.15) is 5.10 Å². The van der Waals surface area contributed by atoms with E-state index in [1.54, 1.807) is 10.7 Å². The molecule has 0 aliphatic carbocycles. The van der Waals surface area contributed by atoms with Gasteiger partial charge in [-0.3, -0.25) is 14.3 Å². The van der Waals surface area contributed by atoms with Gasteiger partial charge in [0.05, 0.1) is 18.7 Å². The zero-order valence-corrected chi connectivity index (χ0v) is 15.7. The Bertz CT molecular complexity index is 787. The molecule has 26 heavy (non-hydrogen) atoms. The molecule has 0 saturated heterocycles. The number of halogens is 2. The molecule has 0 radical (unpaired) electrons. The van der Waals surface area contributed by atoms with Gasteiger partial charge in [0.1, 0.15) is 5.82 Å². The predicted molar refractivity (Wildman–Crippen MR) is 95.2 cm³/mol. The minimum Gasteiger partial charge on any atom is -0.456 e. The average molecular weight is 382 g/mol. The fourth-order valence-electron chi connectivity index (χ4n) is 2.43. The molecule has 0 fully saturated rings. The Morgan fingerprint density at radius 1 is 1.35 bits per heavy atom. The van der Waals surface area contributed by atoms with E-state index in [2.05, 4.69) is 5.10 Å². The first-order valence-corrected chi connectivity index (χ1v) is 8.49. The lowest BCUT2D eigenvalue weighted by Crippen LogP contribution is -2.31. The zero-order valence-electron chi connectivity index (χ0n) is 15.0. The Hall–Kier alpha value is -2.41. The second-order valence-electron chi connectivity index (χ2n) is 6.01. The molecular weight excluding hydrogens is 361 g/mol. The quantitative estimate of drug-likeness (QED) is 0.692. The minimum atomic E-state index is -0.497. The molecule has 1 amide bonds. The molecule has 0 N–H and O–H groups in total. The van der Waals surface area contributed by atoms with Crippen molar-refractivity contribution in [3.05, 3.63) is 52.1 Å². The molecule has 140 valence electrons. The van der Waals surface area contributed by atoms with Crippen LogP contribution in [0.2, 0.25) is 5.02 Å². The normalized spacial score (nSPS) is 10.7. The van der Waals surface area contributed by atoms with Gasteiger partial charge in [0, 0.05) is 29.9 Å². The second kappa shape index (κ2) is 8.80. The number of aryl methyl sites for hydroxylation is 3. The molecule has 0 unspecified atom stereocenters. The maximum atomic E-state index is 13.8. The molecule has 1 heterocycles. The van der Waals surface area contributed by atoms with Gasteiger partial charge in [-0.15, -0.1) is 0 Å². The van der Waals surface area contributed by atoms with Gasteiger partial charge in [0.15, 0.2) is 6.61 Å². The van der Waals surface area contributed by atoms with E-state index in [9.17, 15) is 14.0 Å². The van der Waals surface area contributed by atoms with E-state index < -0.39 is 24.3 Å².